The molecule has 0 N–H and O–H groups in total. The Morgan fingerprint density at radius 2 is 1.77 bits per heavy atom. The van der Waals surface area contributed by atoms with Gasteiger partial charge in [0.05, 0.1) is 0 Å². The van der Waals surface area contributed by atoms with Crippen molar-refractivity contribution in [3.63, 3.8) is 0 Å². The summed E-state index contributed by atoms with van der Waals surface area (Å²) in [7, 11) is 4.36. The Morgan fingerprint density at radius 3 is 2.31 bits per heavy atom. The molecule has 1 radical (unpaired) electrons. The van der Waals surface area contributed by atoms with Crippen molar-refractivity contribution < 1.29 is 0 Å². The molecule has 0 amide bonds. The number of piperidine rings is 1. The second-order valence-corrected chi connectivity index (χ2v) is 4.47. The van der Waals surface area contributed by atoms with E-state index in [4.69, 9.17) is 0 Å². The van der Waals surface area contributed by atoms with Crippen LogP contribution in [0.1, 0.15) is 12.8 Å². The van der Waals surface area contributed by atoms with E-state index in [0.29, 0.717) is 0 Å². The zero-order chi connectivity index (χ0) is 9.26. The number of likely N-dealkylation sites (tertiary alicyclic amines) is 1. The van der Waals surface area contributed by atoms with Crippen LogP contribution < -0.4 is 5.32 Å². The molecule has 0 aromatic carbocycles. The molecule has 0 unspecified atom stereocenters. The van der Waals surface area contributed by atoms with Crippen LogP contribution in [0.4, 0.5) is 0 Å². The Bertz CT molecular complexity index is 158. The van der Waals surface area contributed by atoms with Gasteiger partial charge in [0.1, 0.15) is 0 Å². The van der Waals surface area contributed by atoms with Gasteiger partial charge in [0.25, 0.3) is 0 Å². The minimum absolute atomic E-state index is 0.805. The molecule has 2 aliphatic rings. The highest BCUT2D eigenvalue weighted by molar-refractivity contribution is 4.91. The number of nitrogens with zero attached hydrogens (tertiary/aromatic N) is 3. The topological polar surface area (TPSA) is 20.6 Å². The van der Waals surface area contributed by atoms with E-state index < -0.39 is 0 Å². The molecule has 0 spiro atoms. The fourth-order valence-corrected chi connectivity index (χ4v) is 2.21. The molecule has 0 bridgehead atoms. The van der Waals surface area contributed by atoms with Gasteiger partial charge < -0.3 is 4.90 Å². The van der Waals surface area contributed by atoms with E-state index in [1.165, 1.54) is 25.9 Å². The zero-order valence-electron chi connectivity index (χ0n) is 8.74. The predicted octanol–water partition coefficient (Wildman–Crippen LogP) is -0.001000. The number of likely N-dealkylation sites (N-methyl/N-ethyl adjacent to an activating group) is 1. The second-order valence-electron chi connectivity index (χ2n) is 4.47. The highest BCUT2D eigenvalue weighted by atomic mass is 15.3. The van der Waals surface area contributed by atoms with Gasteiger partial charge in [0, 0.05) is 38.3 Å². The Balaban J connectivity index is 1.72. The van der Waals surface area contributed by atoms with E-state index in [-0.39, 0.29) is 0 Å². The molecule has 0 aliphatic carbocycles. The smallest absolute Gasteiger partial charge is 0.0344 e. The number of hydrogen-bond donors (Lipinski definition) is 0. The molecule has 2 fully saturated rings. The van der Waals surface area contributed by atoms with E-state index >= 15 is 0 Å². The first kappa shape index (κ1) is 9.44. The van der Waals surface area contributed by atoms with Gasteiger partial charge in [-0.15, -0.1) is 0 Å². The monoisotopic (exact) mass is 182 g/mol. The average molecular weight is 182 g/mol. The van der Waals surface area contributed by atoms with Crippen LogP contribution in [0, 0.1) is 0 Å². The maximum absolute atomic E-state index is 4.39. The standard InChI is InChI=1S/C10H20N3/c1-12(2)10-7-13(8-10)9-3-5-11-6-4-9/h9-10H,3-8H2,1-2H3. The largest absolute Gasteiger partial charge is 0.304 e. The van der Waals surface area contributed by atoms with Crippen LogP contribution in [0.15, 0.2) is 0 Å². The van der Waals surface area contributed by atoms with Gasteiger partial charge in [-0.05, 0) is 26.9 Å². The van der Waals surface area contributed by atoms with Crippen molar-refractivity contribution >= 4 is 0 Å². The van der Waals surface area contributed by atoms with Gasteiger partial charge in [0.15, 0.2) is 0 Å². The van der Waals surface area contributed by atoms with E-state index in [9.17, 15) is 0 Å². The summed E-state index contributed by atoms with van der Waals surface area (Å²) in [6.07, 6.45) is 2.58. The van der Waals surface area contributed by atoms with Crippen molar-refractivity contribution in [3.05, 3.63) is 0 Å². The molecular weight excluding hydrogens is 162 g/mol. The first-order valence-electron chi connectivity index (χ1n) is 5.31. The first-order valence-corrected chi connectivity index (χ1v) is 5.31. The maximum atomic E-state index is 4.39. The minimum Gasteiger partial charge on any atom is -0.304 e. The second kappa shape index (κ2) is 3.95. The number of rotatable bonds is 2. The molecule has 3 nitrogen and oxygen atoms in total. The summed E-state index contributed by atoms with van der Waals surface area (Å²) >= 11 is 0. The minimum atomic E-state index is 0.805. The third-order valence-electron chi connectivity index (χ3n) is 3.38. The average Bonchev–Trinajstić information content (AvgIpc) is 2.02. The molecule has 0 aromatic rings. The van der Waals surface area contributed by atoms with Gasteiger partial charge in [-0.2, -0.15) is 0 Å². The lowest BCUT2D eigenvalue weighted by Gasteiger charge is -2.48. The Labute approximate surface area is 81.1 Å². The molecule has 2 aliphatic heterocycles. The molecule has 2 heterocycles. The van der Waals surface area contributed by atoms with Crippen molar-refractivity contribution in [2.24, 2.45) is 0 Å². The van der Waals surface area contributed by atoms with Gasteiger partial charge in [-0.3, -0.25) is 4.90 Å². The molecule has 13 heavy (non-hydrogen) atoms. The summed E-state index contributed by atoms with van der Waals surface area (Å²) in [5, 5.41) is 4.39. The van der Waals surface area contributed by atoms with Crippen molar-refractivity contribution in [3.8, 4) is 0 Å². The summed E-state index contributed by atoms with van der Waals surface area (Å²) in [4.78, 5) is 4.96. The third kappa shape index (κ3) is 2.03. The lowest BCUT2D eigenvalue weighted by atomic mass is 9.98. The summed E-state index contributed by atoms with van der Waals surface area (Å²) in [5.41, 5.74) is 0. The van der Waals surface area contributed by atoms with Crippen LogP contribution in [-0.2, 0) is 0 Å². The van der Waals surface area contributed by atoms with E-state index in [1.54, 1.807) is 0 Å². The highest BCUT2D eigenvalue weighted by Gasteiger charge is 2.33. The molecular formula is C10H20N3. The van der Waals surface area contributed by atoms with Crippen molar-refractivity contribution in [2.75, 3.05) is 40.3 Å². The van der Waals surface area contributed by atoms with Gasteiger partial charge in [-0.25, -0.2) is 5.32 Å². The summed E-state index contributed by atoms with van der Waals surface area (Å²) in [6, 6.07) is 1.65. The van der Waals surface area contributed by atoms with E-state index in [0.717, 1.165) is 25.2 Å². The van der Waals surface area contributed by atoms with Crippen LogP contribution in [0.25, 0.3) is 0 Å². The van der Waals surface area contributed by atoms with Gasteiger partial charge in [-0.1, -0.05) is 0 Å². The zero-order valence-corrected chi connectivity index (χ0v) is 8.74. The molecule has 2 saturated heterocycles. The van der Waals surface area contributed by atoms with Gasteiger partial charge >= 0.3 is 0 Å². The molecule has 2 rings (SSSR count). The Hall–Kier alpha value is -0.120. The molecule has 3 heteroatoms. The molecule has 0 saturated carbocycles. The summed E-state index contributed by atoms with van der Waals surface area (Å²) in [6.45, 7) is 4.73. The molecule has 75 valence electrons. The van der Waals surface area contributed by atoms with E-state index in [1.807, 2.05) is 0 Å². The van der Waals surface area contributed by atoms with Crippen molar-refractivity contribution in [1.82, 2.24) is 15.1 Å². The molecule has 0 aromatic heterocycles. The van der Waals surface area contributed by atoms with Crippen LogP contribution >= 0.6 is 0 Å². The van der Waals surface area contributed by atoms with Crippen molar-refractivity contribution in [2.45, 2.75) is 24.9 Å². The van der Waals surface area contributed by atoms with E-state index in [2.05, 4.69) is 29.2 Å². The third-order valence-corrected chi connectivity index (χ3v) is 3.38. The quantitative estimate of drug-likeness (QED) is 0.599. The van der Waals surface area contributed by atoms with Gasteiger partial charge in [0.2, 0.25) is 0 Å². The van der Waals surface area contributed by atoms with Crippen LogP contribution in [0.5, 0.6) is 0 Å². The SMILES string of the molecule is CN(C)C1CN(C2CC[N]CC2)C1. The normalized spacial score (nSPS) is 27.9. The van der Waals surface area contributed by atoms with Crippen LogP contribution in [-0.4, -0.2) is 62.2 Å². The van der Waals surface area contributed by atoms with Crippen molar-refractivity contribution in [1.29, 1.82) is 0 Å². The summed E-state index contributed by atoms with van der Waals surface area (Å²) < 4.78 is 0. The van der Waals surface area contributed by atoms with Crippen LogP contribution in [0.2, 0.25) is 0 Å². The predicted molar refractivity (Wildman–Crippen MR) is 53.9 cm³/mol. The Morgan fingerprint density at radius 1 is 1.15 bits per heavy atom. The summed E-state index contributed by atoms with van der Waals surface area (Å²) in [5.74, 6) is 0. The highest BCUT2D eigenvalue weighted by Crippen LogP contribution is 2.21. The fraction of sp³-hybridized carbons (Fsp3) is 1.00. The Kier molecular flexibility index (Phi) is 2.86. The maximum Gasteiger partial charge on any atom is 0.0344 e. The lowest BCUT2D eigenvalue weighted by Crippen LogP contribution is -2.61. The first-order chi connectivity index (χ1) is 6.27. The number of hydrogen-bond acceptors (Lipinski definition) is 2. The lowest BCUT2D eigenvalue weighted by molar-refractivity contribution is 0.0164. The molecule has 0 atom stereocenters. The fourth-order valence-electron chi connectivity index (χ4n) is 2.21. The van der Waals surface area contributed by atoms with Crippen LogP contribution in [0.3, 0.4) is 0 Å².